The zero-order valence-electron chi connectivity index (χ0n) is 14.3. The number of allylic oxidation sites excluding steroid dienone is 1. The molecule has 2 aliphatic rings. The Kier molecular flexibility index (Phi) is 5.54. The number of benzene rings is 1. The molecule has 25 heavy (non-hydrogen) atoms. The highest BCUT2D eigenvalue weighted by molar-refractivity contribution is 9.10. The van der Waals surface area contributed by atoms with E-state index in [0.29, 0.717) is 24.5 Å². The number of thioether (sulfide) groups is 1. The lowest BCUT2D eigenvalue weighted by Crippen LogP contribution is -2.34. The second-order valence-corrected chi connectivity index (χ2v) is 7.23. The van der Waals surface area contributed by atoms with Crippen molar-refractivity contribution in [3.05, 3.63) is 51.1 Å². The first kappa shape index (κ1) is 18.1. The maximum absolute atomic E-state index is 12.7. The van der Waals surface area contributed by atoms with Gasteiger partial charge in [-0.25, -0.2) is 9.79 Å². The van der Waals surface area contributed by atoms with E-state index < -0.39 is 0 Å². The molecule has 1 aromatic rings. The van der Waals surface area contributed by atoms with E-state index in [9.17, 15) is 4.79 Å². The quantitative estimate of drug-likeness (QED) is 0.648. The van der Waals surface area contributed by atoms with Gasteiger partial charge in [0.15, 0.2) is 5.17 Å². The van der Waals surface area contributed by atoms with Crippen molar-refractivity contribution in [3.63, 3.8) is 0 Å². The highest BCUT2D eigenvalue weighted by atomic mass is 79.9. The second kappa shape index (κ2) is 7.66. The van der Waals surface area contributed by atoms with Crippen LogP contribution in [0.15, 0.2) is 50.5 Å². The van der Waals surface area contributed by atoms with Crippen LogP contribution in [0, 0.1) is 0 Å². The Morgan fingerprint density at radius 1 is 1.36 bits per heavy atom. The van der Waals surface area contributed by atoms with Crippen LogP contribution in [0.2, 0.25) is 0 Å². The van der Waals surface area contributed by atoms with Gasteiger partial charge in [0.25, 0.3) is 0 Å². The van der Waals surface area contributed by atoms with Gasteiger partial charge in [-0.15, -0.1) is 0 Å². The molecule has 0 amide bonds. The fraction of sp³-hybridized carbons (Fsp3) is 0.333. The number of amidine groups is 1. The predicted molar refractivity (Wildman–Crippen MR) is 103 cm³/mol. The zero-order valence-corrected chi connectivity index (χ0v) is 16.7. The zero-order chi connectivity index (χ0) is 18.0. The molecule has 0 aromatic heterocycles. The van der Waals surface area contributed by atoms with Gasteiger partial charge in [0.2, 0.25) is 0 Å². The van der Waals surface area contributed by atoms with Crippen LogP contribution in [0.3, 0.4) is 0 Å². The molecule has 0 saturated carbocycles. The summed E-state index contributed by atoms with van der Waals surface area (Å²) in [4.78, 5) is 19.2. The van der Waals surface area contributed by atoms with Gasteiger partial charge in [-0.1, -0.05) is 27.7 Å². The van der Waals surface area contributed by atoms with Crippen molar-refractivity contribution in [2.75, 3.05) is 13.2 Å². The van der Waals surface area contributed by atoms with E-state index in [1.807, 2.05) is 48.6 Å². The maximum atomic E-state index is 12.7. The Morgan fingerprint density at radius 2 is 2.16 bits per heavy atom. The Balaban J connectivity index is 2.17. The summed E-state index contributed by atoms with van der Waals surface area (Å²) in [5.74, 6) is 0.400. The van der Waals surface area contributed by atoms with Crippen molar-refractivity contribution in [1.29, 1.82) is 0 Å². The number of nitrogens with zero attached hydrogens (tertiary/aromatic N) is 2. The molecule has 5 nitrogen and oxygen atoms in total. The third-order valence-electron chi connectivity index (χ3n) is 3.88. The average molecular weight is 423 g/mol. The van der Waals surface area contributed by atoms with Crippen LogP contribution in [-0.2, 0) is 9.53 Å². The predicted octanol–water partition coefficient (Wildman–Crippen LogP) is 4.62. The average Bonchev–Trinajstić information content (AvgIpc) is 3.03. The van der Waals surface area contributed by atoms with Crippen LogP contribution >= 0.6 is 27.7 Å². The lowest BCUT2D eigenvalue weighted by atomic mass is 9.94. The molecule has 132 valence electrons. The summed E-state index contributed by atoms with van der Waals surface area (Å²) < 4.78 is 12.1. The molecule has 1 aromatic carbocycles. The van der Waals surface area contributed by atoms with Crippen LogP contribution in [-0.4, -0.2) is 29.3 Å². The minimum atomic E-state index is -0.347. The molecule has 1 atom stereocenters. The SMILES string of the molecule is CCOC(=O)C1=C(C)N=C2SC=CN2[C@@H]1c1cc(Br)ccc1OCC. The Morgan fingerprint density at radius 3 is 2.88 bits per heavy atom. The number of aliphatic imine (C=N–C) groups is 1. The second-order valence-electron chi connectivity index (χ2n) is 5.44. The van der Waals surface area contributed by atoms with Crippen LogP contribution in [0.25, 0.3) is 0 Å². The molecule has 0 saturated heterocycles. The summed E-state index contributed by atoms with van der Waals surface area (Å²) in [6.07, 6.45) is 1.94. The number of ether oxygens (including phenoxy) is 2. The molecule has 0 radical (unpaired) electrons. The van der Waals surface area contributed by atoms with Gasteiger partial charge < -0.3 is 14.4 Å². The standard InChI is InChI=1S/C18H19BrN2O3S/c1-4-23-14-7-6-12(19)10-13(14)16-15(17(22)24-5-2)11(3)20-18-21(16)8-9-25-18/h6-10,16H,4-5H2,1-3H3/t16-/m1/s1. The summed E-state index contributed by atoms with van der Waals surface area (Å²) in [5.41, 5.74) is 2.11. The third-order valence-corrected chi connectivity index (χ3v) is 5.15. The maximum Gasteiger partial charge on any atom is 0.338 e. The van der Waals surface area contributed by atoms with Gasteiger partial charge in [0.05, 0.1) is 30.5 Å². The van der Waals surface area contributed by atoms with Gasteiger partial charge in [0, 0.05) is 16.2 Å². The third kappa shape index (κ3) is 3.48. The van der Waals surface area contributed by atoms with Crippen LogP contribution in [0.1, 0.15) is 32.4 Å². The largest absolute Gasteiger partial charge is 0.494 e. The molecule has 0 fully saturated rings. The van der Waals surface area contributed by atoms with E-state index in [4.69, 9.17) is 9.47 Å². The van der Waals surface area contributed by atoms with Gasteiger partial charge in [-0.3, -0.25) is 0 Å². The number of hydrogen-bond acceptors (Lipinski definition) is 6. The fourth-order valence-electron chi connectivity index (χ4n) is 2.90. The molecule has 0 bridgehead atoms. The summed E-state index contributed by atoms with van der Waals surface area (Å²) >= 11 is 5.07. The number of fused-ring (bicyclic) bond motifs is 1. The van der Waals surface area contributed by atoms with Gasteiger partial charge in [0.1, 0.15) is 5.75 Å². The lowest BCUT2D eigenvalue weighted by Gasteiger charge is -2.34. The molecule has 0 unspecified atom stereocenters. The van der Waals surface area contributed by atoms with E-state index in [1.165, 1.54) is 11.8 Å². The summed E-state index contributed by atoms with van der Waals surface area (Å²) in [6, 6.07) is 5.50. The first-order valence-electron chi connectivity index (χ1n) is 8.07. The number of rotatable bonds is 5. The molecular formula is C18H19BrN2O3S. The summed E-state index contributed by atoms with van der Waals surface area (Å²) in [7, 11) is 0. The van der Waals surface area contributed by atoms with E-state index in [0.717, 1.165) is 21.0 Å². The van der Waals surface area contributed by atoms with Gasteiger partial charge in [-0.05, 0) is 44.4 Å². The first-order valence-corrected chi connectivity index (χ1v) is 9.74. The van der Waals surface area contributed by atoms with Crippen molar-refractivity contribution in [1.82, 2.24) is 4.90 Å². The highest BCUT2D eigenvalue weighted by Crippen LogP contribution is 2.44. The number of carbonyl (C=O) groups is 1. The van der Waals surface area contributed by atoms with E-state index in [1.54, 1.807) is 6.92 Å². The van der Waals surface area contributed by atoms with Gasteiger partial charge in [-0.2, -0.15) is 0 Å². The van der Waals surface area contributed by atoms with Crippen molar-refractivity contribution in [2.45, 2.75) is 26.8 Å². The van der Waals surface area contributed by atoms with E-state index >= 15 is 0 Å². The molecular weight excluding hydrogens is 404 g/mol. The van der Waals surface area contributed by atoms with Gasteiger partial charge >= 0.3 is 5.97 Å². The van der Waals surface area contributed by atoms with Crippen LogP contribution < -0.4 is 4.74 Å². The lowest BCUT2D eigenvalue weighted by molar-refractivity contribution is -0.139. The van der Waals surface area contributed by atoms with Crippen molar-refractivity contribution >= 4 is 38.8 Å². The monoisotopic (exact) mass is 422 g/mol. The molecule has 0 aliphatic carbocycles. The number of carbonyl (C=O) groups excluding carboxylic acids is 1. The smallest absolute Gasteiger partial charge is 0.338 e. The Labute approximate surface area is 159 Å². The Bertz CT molecular complexity index is 789. The van der Waals surface area contributed by atoms with E-state index in [2.05, 4.69) is 20.9 Å². The van der Waals surface area contributed by atoms with Crippen molar-refractivity contribution in [2.24, 2.45) is 4.99 Å². The highest BCUT2D eigenvalue weighted by Gasteiger charge is 2.38. The minimum Gasteiger partial charge on any atom is -0.494 e. The van der Waals surface area contributed by atoms with Crippen LogP contribution in [0.5, 0.6) is 5.75 Å². The molecule has 2 heterocycles. The van der Waals surface area contributed by atoms with E-state index in [-0.39, 0.29) is 12.0 Å². The fourth-order valence-corrected chi connectivity index (χ4v) is 4.07. The molecule has 0 N–H and O–H groups in total. The molecule has 3 rings (SSSR count). The topological polar surface area (TPSA) is 51.1 Å². The number of hydrogen-bond donors (Lipinski definition) is 0. The number of halogens is 1. The van der Waals surface area contributed by atoms with Crippen molar-refractivity contribution < 1.29 is 14.3 Å². The number of esters is 1. The normalized spacial score (nSPS) is 19.0. The minimum absolute atomic E-state index is 0.320. The van der Waals surface area contributed by atoms with Crippen LogP contribution in [0.4, 0.5) is 0 Å². The first-order chi connectivity index (χ1) is 12.1. The molecule has 0 spiro atoms. The Hall–Kier alpha value is -1.73. The molecule has 2 aliphatic heterocycles. The summed E-state index contributed by atoms with van der Waals surface area (Å²) in [5, 5.41) is 2.81. The molecule has 7 heteroatoms. The van der Waals surface area contributed by atoms with Crippen molar-refractivity contribution in [3.8, 4) is 5.75 Å². The summed E-state index contributed by atoms with van der Waals surface area (Å²) in [6.45, 7) is 6.46.